The van der Waals surface area contributed by atoms with Crippen molar-refractivity contribution in [2.75, 3.05) is 13.2 Å². The summed E-state index contributed by atoms with van der Waals surface area (Å²) >= 11 is 0. The molecule has 1 aromatic carbocycles. The number of ether oxygens (including phenoxy) is 2. The smallest absolute Gasteiger partial charge is 0.161 e. The second kappa shape index (κ2) is 5.51. The first-order valence-corrected chi connectivity index (χ1v) is 6.80. The Morgan fingerprint density at radius 1 is 1.20 bits per heavy atom. The summed E-state index contributed by atoms with van der Waals surface area (Å²) in [6, 6.07) is 7.43. The number of pyridine rings is 1. The minimum Gasteiger partial charge on any atom is -0.486 e. The fourth-order valence-electron chi connectivity index (χ4n) is 2.41. The maximum Gasteiger partial charge on any atom is 0.161 e. The number of hydrogen-bond acceptors (Lipinski definition) is 4. The quantitative estimate of drug-likeness (QED) is 0.932. The average molecular weight is 271 g/mol. The van der Waals surface area contributed by atoms with Crippen LogP contribution in [0.5, 0.6) is 11.5 Å². The molecular formula is C16H17NO3. The van der Waals surface area contributed by atoms with Crippen LogP contribution in [-0.2, 0) is 6.42 Å². The molecule has 4 nitrogen and oxygen atoms in total. The molecule has 0 amide bonds. The number of nitrogens with zero attached hydrogens (tertiary/aromatic N) is 1. The van der Waals surface area contributed by atoms with Crippen molar-refractivity contribution in [1.82, 2.24) is 4.98 Å². The molecule has 4 heteroatoms. The third kappa shape index (κ3) is 2.34. The lowest BCUT2D eigenvalue weighted by atomic mass is 9.97. The van der Waals surface area contributed by atoms with Gasteiger partial charge in [-0.15, -0.1) is 0 Å². The van der Waals surface area contributed by atoms with E-state index in [1.165, 1.54) is 0 Å². The van der Waals surface area contributed by atoms with Crippen LogP contribution in [0.15, 0.2) is 36.7 Å². The lowest BCUT2D eigenvalue weighted by Gasteiger charge is -2.21. The predicted octanol–water partition coefficient (Wildman–Crippen LogP) is 2.50. The van der Waals surface area contributed by atoms with Crippen LogP contribution in [0.25, 0.3) is 0 Å². The molecule has 1 aromatic heterocycles. The zero-order chi connectivity index (χ0) is 13.9. The molecule has 3 rings (SSSR count). The van der Waals surface area contributed by atoms with Crippen molar-refractivity contribution in [2.45, 2.75) is 19.4 Å². The largest absolute Gasteiger partial charge is 0.486 e. The van der Waals surface area contributed by atoms with Crippen molar-refractivity contribution in [2.24, 2.45) is 0 Å². The third-order valence-corrected chi connectivity index (χ3v) is 3.50. The van der Waals surface area contributed by atoms with Gasteiger partial charge in [-0.1, -0.05) is 13.0 Å². The SMILES string of the molecule is CCc1cnccc1C(O)c1ccc2c(c1)OCCO2. The minimum absolute atomic E-state index is 0.544. The molecule has 20 heavy (non-hydrogen) atoms. The maximum absolute atomic E-state index is 10.6. The summed E-state index contributed by atoms with van der Waals surface area (Å²) in [4.78, 5) is 4.11. The number of aliphatic hydroxyl groups is 1. The summed E-state index contributed by atoms with van der Waals surface area (Å²) in [5.41, 5.74) is 2.74. The summed E-state index contributed by atoms with van der Waals surface area (Å²) in [6.07, 6.45) is 3.67. The van der Waals surface area contributed by atoms with Gasteiger partial charge in [0.1, 0.15) is 19.3 Å². The summed E-state index contributed by atoms with van der Waals surface area (Å²) in [7, 11) is 0. The first-order valence-electron chi connectivity index (χ1n) is 6.80. The Labute approximate surface area is 118 Å². The first-order chi connectivity index (χ1) is 9.79. The van der Waals surface area contributed by atoms with Gasteiger partial charge in [0.05, 0.1) is 0 Å². The monoisotopic (exact) mass is 271 g/mol. The number of fused-ring (bicyclic) bond motifs is 1. The maximum atomic E-state index is 10.6. The Balaban J connectivity index is 1.96. The number of benzene rings is 1. The minimum atomic E-state index is -0.677. The highest BCUT2D eigenvalue weighted by atomic mass is 16.6. The van der Waals surface area contributed by atoms with Crippen LogP contribution < -0.4 is 9.47 Å². The number of rotatable bonds is 3. The zero-order valence-electron chi connectivity index (χ0n) is 11.4. The van der Waals surface area contributed by atoms with Crippen molar-refractivity contribution in [3.05, 3.63) is 53.3 Å². The van der Waals surface area contributed by atoms with E-state index >= 15 is 0 Å². The topological polar surface area (TPSA) is 51.6 Å². The van der Waals surface area contributed by atoms with Crippen molar-refractivity contribution in [3.63, 3.8) is 0 Å². The van der Waals surface area contributed by atoms with E-state index in [-0.39, 0.29) is 0 Å². The molecule has 1 aliphatic heterocycles. The number of aliphatic hydroxyl groups excluding tert-OH is 1. The number of hydrogen-bond donors (Lipinski definition) is 1. The van der Waals surface area contributed by atoms with E-state index in [0.29, 0.717) is 19.0 Å². The van der Waals surface area contributed by atoms with E-state index in [1.54, 1.807) is 12.4 Å². The predicted molar refractivity (Wildman–Crippen MR) is 75.1 cm³/mol. The van der Waals surface area contributed by atoms with Crippen molar-refractivity contribution in [1.29, 1.82) is 0 Å². The van der Waals surface area contributed by atoms with Gasteiger partial charge in [-0.05, 0) is 41.3 Å². The van der Waals surface area contributed by atoms with Gasteiger partial charge in [0.2, 0.25) is 0 Å². The molecule has 0 saturated heterocycles. The van der Waals surface area contributed by atoms with Crippen molar-refractivity contribution in [3.8, 4) is 11.5 Å². The second-order valence-electron chi connectivity index (χ2n) is 4.73. The van der Waals surface area contributed by atoms with Crippen LogP contribution in [0.2, 0.25) is 0 Å². The van der Waals surface area contributed by atoms with Gasteiger partial charge in [-0.2, -0.15) is 0 Å². The Kier molecular flexibility index (Phi) is 3.56. The number of aryl methyl sites for hydroxylation is 1. The lowest BCUT2D eigenvalue weighted by molar-refractivity contribution is 0.169. The van der Waals surface area contributed by atoms with E-state index < -0.39 is 6.10 Å². The van der Waals surface area contributed by atoms with E-state index in [9.17, 15) is 5.11 Å². The number of aromatic nitrogens is 1. The molecule has 0 saturated carbocycles. The van der Waals surface area contributed by atoms with Crippen LogP contribution >= 0.6 is 0 Å². The molecular weight excluding hydrogens is 254 g/mol. The molecule has 2 aromatic rings. The van der Waals surface area contributed by atoms with Gasteiger partial charge in [-0.3, -0.25) is 4.98 Å². The molecule has 0 bridgehead atoms. The first kappa shape index (κ1) is 12.9. The zero-order valence-corrected chi connectivity index (χ0v) is 11.4. The van der Waals surface area contributed by atoms with Gasteiger partial charge in [0, 0.05) is 12.4 Å². The van der Waals surface area contributed by atoms with E-state index in [4.69, 9.17) is 9.47 Å². The molecule has 104 valence electrons. The van der Waals surface area contributed by atoms with Crippen LogP contribution in [0, 0.1) is 0 Å². The Morgan fingerprint density at radius 2 is 2.00 bits per heavy atom. The summed E-state index contributed by atoms with van der Waals surface area (Å²) < 4.78 is 11.1. The van der Waals surface area contributed by atoms with Gasteiger partial charge in [-0.25, -0.2) is 0 Å². The molecule has 0 fully saturated rings. The van der Waals surface area contributed by atoms with Crippen molar-refractivity contribution < 1.29 is 14.6 Å². The molecule has 0 radical (unpaired) electrons. The molecule has 1 unspecified atom stereocenters. The summed E-state index contributed by atoms with van der Waals surface area (Å²) in [5.74, 6) is 1.43. The highest BCUT2D eigenvalue weighted by Crippen LogP contribution is 2.34. The van der Waals surface area contributed by atoms with Gasteiger partial charge in [0.25, 0.3) is 0 Å². The van der Waals surface area contributed by atoms with Crippen LogP contribution in [0.3, 0.4) is 0 Å². The fraction of sp³-hybridized carbons (Fsp3) is 0.312. The molecule has 0 aliphatic carbocycles. The van der Waals surface area contributed by atoms with Crippen molar-refractivity contribution >= 4 is 0 Å². The Bertz CT molecular complexity index is 612. The van der Waals surface area contributed by atoms with Gasteiger partial charge >= 0.3 is 0 Å². The average Bonchev–Trinajstić information content (AvgIpc) is 2.53. The third-order valence-electron chi connectivity index (χ3n) is 3.50. The molecule has 0 spiro atoms. The van der Waals surface area contributed by atoms with E-state index in [2.05, 4.69) is 11.9 Å². The fourth-order valence-corrected chi connectivity index (χ4v) is 2.41. The second-order valence-corrected chi connectivity index (χ2v) is 4.73. The van der Waals surface area contributed by atoms with E-state index in [0.717, 1.165) is 28.9 Å². The normalized spacial score (nSPS) is 14.9. The summed E-state index contributed by atoms with van der Waals surface area (Å²) in [6.45, 7) is 3.16. The van der Waals surface area contributed by atoms with Crippen LogP contribution in [0.4, 0.5) is 0 Å². The Hall–Kier alpha value is -2.07. The van der Waals surface area contributed by atoms with Gasteiger partial charge in [0.15, 0.2) is 11.5 Å². The van der Waals surface area contributed by atoms with Crippen LogP contribution in [0.1, 0.15) is 29.7 Å². The van der Waals surface area contributed by atoms with Crippen LogP contribution in [-0.4, -0.2) is 23.3 Å². The summed E-state index contributed by atoms with van der Waals surface area (Å²) in [5, 5.41) is 10.6. The highest BCUT2D eigenvalue weighted by Gasteiger charge is 2.18. The lowest BCUT2D eigenvalue weighted by Crippen LogP contribution is -2.15. The molecule has 1 atom stereocenters. The molecule has 1 aliphatic rings. The standard InChI is InChI=1S/C16H17NO3/c1-2-11-10-17-6-5-13(11)16(18)12-3-4-14-15(9-12)20-8-7-19-14/h3-6,9-10,16,18H,2,7-8H2,1H3. The van der Waals surface area contributed by atoms with Gasteiger partial charge < -0.3 is 14.6 Å². The molecule has 1 N–H and O–H groups in total. The Morgan fingerprint density at radius 3 is 2.80 bits per heavy atom. The highest BCUT2D eigenvalue weighted by molar-refractivity contribution is 5.46. The van der Waals surface area contributed by atoms with E-state index in [1.807, 2.05) is 24.3 Å². The molecule has 2 heterocycles.